The zero-order valence-electron chi connectivity index (χ0n) is 19.4. The predicted molar refractivity (Wildman–Crippen MR) is 127 cm³/mol. The molecule has 2 aromatic carbocycles. The molecule has 32 heavy (non-hydrogen) atoms. The molecular formula is C26H31N3O3. The van der Waals surface area contributed by atoms with Crippen LogP contribution in [0.25, 0.3) is 5.57 Å². The van der Waals surface area contributed by atoms with Gasteiger partial charge in [-0.1, -0.05) is 37.3 Å². The Labute approximate surface area is 190 Å². The number of anilines is 1. The normalized spacial score (nSPS) is 16.9. The molecule has 6 heteroatoms. The van der Waals surface area contributed by atoms with E-state index in [0.29, 0.717) is 30.9 Å². The molecule has 6 nitrogen and oxygen atoms in total. The summed E-state index contributed by atoms with van der Waals surface area (Å²) in [5, 5.41) is 0. The monoisotopic (exact) mass is 433 g/mol. The van der Waals surface area contributed by atoms with Gasteiger partial charge in [0, 0.05) is 32.7 Å². The number of amides is 2. The molecule has 1 saturated heterocycles. The Morgan fingerprint density at radius 1 is 0.875 bits per heavy atom. The van der Waals surface area contributed by atoms with E-state index in [2.05, 4.69) is 22.8 Å². The van der Waals surface area contributed by atoms with Gasteiger partial charge in [-0.15, -0.1) is 0 Å². The number of nitrogens with zero attached hydrogens (tertiary/aromatic N) is 3. The summed E-state index contributed by atoms with van der Waals surface area (Å²) in [6.45, 7) is 9.35. The number of methoxy groups -OCH3 is 1. The number of para-hydroxylation sites is 2. The Hall–Kier alpha value is -3.28. The van der Waals surface area contributed by atoms with Crippen LogP contribution in [0.1, 0.15) is 30.0 Å². The molecule has 2 heterocycles. The fourth-order valence-electron chi connectivity index (χ4n) is 4.50. The minimum absolute atomic E-state index is 0.171. The highest BCUT2D eigenvalue weighted by Crippen LogP contribution is 2.34. The van der Waals surface area contributed by atoms with Crippen molar-refractivity contribution < 1.29 is 14.3 Å². The Morgan fingerprint density at radius 2 is 1.56 bits per heavy atom. The van der Waals surface area contributed by atoms with E-state index in [0.717, 1.165) is 42.1 Å². The van der Waals surface area contributed by atoms with Crippen LogP contribution in [0.2, 0.25) is 0 Å². The van der Waals surface area contributed by atoms with E-state index in [1.54, 1.807) is 7.11 Å². The largest absolute Gasteiger partial charge is 0.495 e. The van der Waals surface area contributed by atoms with Crippen LogP contribution in [0.5, 0.6) is 5.75 Å². The number of hydrogen-bond acceptors (Lipinski definition) is 5. The molecule has 4 rings (SSSR count). The second-order valence-corrected chi connectivity index (χ2v) is 8.43. The highest BCUT2D eigenvalue weighted by molar-refractivity contribution is 6.35. The number of piperazine rings is 1. The molecule has 0 N–H and O–H groups in total. The zero-order valence-corrected chi connectivity index (χ0v) is 19.4. The molecule has 2 aliphatic rings. The summed E-state index contributed by atoms with van der Waals surface area (Å²) in [4.78, 5) is 32.5. The fourth-order valence-corrected chi connectivity index (χ4v) is 4.50. The zero-order chi connectivity index (χ0) is 22.8. The summed E-state index contributed by atoms with van der Waals surface area (Å²) in [5.41, 5.74) is 5.25. The quantitative estimate of drug-likeness (QED) is 0.652. The molecule has 0 atom stereocenters. The maximum Gasteiger partial charge on any atom is 0.277 e. The van der Waals surface area contributed by atoms with E-state index in [4.69, 9.17) is 4.74 Å². The molecule has 0 spiro atoms. The SMILES string of the molecule is CCCN1C(=O)C(c2ccc(C)c(C)c2)=C(N2CCN(c3ccccc3OC)CC2)C1=O. The number of rotatable bonds is 6. The third-order valence-corrected chi connectivity index (χ3v) is 6.41. The standard InChI is InChI=1S/C26H31N3O3/c1-5-12-29-25(30)23(20-11-10-18(2)19(3)17-20)24(26(29)31)28-15-13-27(14-16-28)21-8-6-7-9-22(21)32-4/h6-11,17H,5,12-16H2,1-4H3. The Balaban J connectivity index is 1.66. The summed E-state index contributed by atoms with van der Waals surface area (Å²) in [6.07, 6.45) is 0.743. The molecule has 0 unspecified atom stereocenters. The molecule has 168 valence electrons. The molecule has 0 aromatic heterocycles. The summed E-state index contributed by atoms with van der Waals surface area (Å²) in [6, 6.07) is 14.0. The first-order chi connectivity index (χ1) is 15.5. The summed E-state index contributed by atoms with van der Waals surface area (Å²) in [5.74, 6) is 0.496. The third-order valence-electron chi connectivity index (χ3n) is 6.41. The fraction of sp³-hybridized carbons (Fsp3) is 0.385. The molecule has 0 aliphatic carbocycles. The lowest BCUT2D eigenvalue weighted by Gasteiger charge is -2.38. The number of aryl methyl sites for hydroxylation is 2. The maximum atomic E-state index is 13.4. The second kappa shape index (κ2) is 9.07. The number of benzene rings is 2. The van der Waals surface area contributed by atoms with Crippen molar-refractivity contribution in [2.75, 3.05) is 44.7 Å². The smallest absolute Gasteiger partial charge is 0.277 e. The van der Waals surface area contributed by atoms with Gasteiger partial charge < -0.3 is 14.5 Å². The second-order valence-electron chi connectivity index (χ2n) is 8.43. The van der Waals surface area contributed by atoms with Crippen LogP contribution in [-0.4, -0.2) is 61.4 Å². The topological polar surface area (TPSA) is 53.1 Å². The number of hydrogen-bond donors (Lipinski definition) is 0. The van der Waals surface area contributed by atoms with E-state index in [1.807, 2.05) is 50.2 Å². The van der Waals surface area contributed by atoms with Gasteiger partial charge in [-0.3, -0.25) is 14.5 Å². The van der Waals surface area contributed by atoms with Crippen molar-refractivity contribution >= 4 is 23.1 Å². The summed E-state index contributed by atoms with van der Waals surface area (Å²) >= 11 is 0. The van der Waals surface area contributed by atoms with Crippen LogP contribution >= 0.6 is 0 Å². The molecule has 0 radical (unpaired) electrons. The molecule has 2 amide bonds. The van der Waals surface area contributed by atoms with Gasteiger partial charge >= 0.3 is 0 Å². The number of imide groups is 1. The number of carbonyl (C=O) groups excluding carboxylic acids is 2. The molecular weight excluding hydrogens is 402 g/mol. The predicted octanol–water partition coefficient (Wildman–Crippen LogP) is 3.62. The van der Waals surface area contributed by atoms with Gasteiger partial charge in [-0.25, -0.2) is 0 Å². The van der Waals surface area contributed by atoms with Crippen LogP contribution in [0.4, 0.5) is 5.69 Å². The average molecular weight is 434 g/mol. The van der Waals surface area contributed by atoms with Gasteiger partial charge in [-0.05, 0) is 49.1 Å². The van der Waals surface area contributed by atoms with Crippen LogP contribution in [0.15, 0.2) is 48.2 Å². The summed E-state index contributed by atoms with van der Waals surface area (Å²) in [7, 11) is 1.68. The van der Waals surface area contributed by atoms with Crippen molar-refractivity contribution in [3.63, 3.8) is 0 Å². The average Bonchev–Trinajstić information content (AvgIpc) is 3.06. The van der Waals surface area contributed by atoms with Crippen LogP contribution in [0, 0.1) is 13.8 Å². The molecule has 2 aliphatic heterocycles. The first kappa shape index (κ1) is 21.9. The lowest BCUT2D eigenvalue weighted by molar-refractivity contribution is -0.137. The maximum absolute atomic E-state index is 13.4. The number of carbonyl (C=O) groups is 2. The highest BCUT2D eigenvalue weighted by atomic mass is 16.5. The van der Waals surface area contributed by atoms with Gasteiger partial charge in [0.1, 0.15) is 11.4 Å². The van der Waals surface area contributed by atoms with E-state index in [9.17, 15) is 9.59 Å². The number of ether oxygens (including phenoxy) is 1. The molecule has 2 aromatic rings. The Morgan fingerprint density at radius 3 is 2.22 bits per heavy atom. The third kappa shape index (κ3) is 3.85. The summed E-state index contributed by atoms with van der Waals surface area (Å²) < 4.78 is 5.52. The van der Waals surface area contributed by atoms with Crippen molar-refractivity contribution in [1.82, 2.24) is 9.80 Å². The van der Waals surface area contributed by atoms with E-state index < -0.39 is 0 Å². The van der Waals surface area contributed by atoms with Crippen molar-refractivity contribution in [3.8, 4) is 5.75 Å². The lowest BCUT2D eigenvalue weighted by atomic mass is 9.99. The Kier molecular flexibility index (Phi) is 6.21. The van der Waals surface area contributed by atoms with Crippen molar-refractivity contribution in [1.29, 1.82) is 0 Å². The van der Waals surface area contributed by atoms with Crippen molar-refractivity contribution in [2.24, 2.45) is 0 Å². The highest BCUT2D eigenvalue weighted by Gasteiger charge is 2.41. The van der Waals surface area contributed by atoms with Crippen LogP contribution in [0.3, 0.4) is 0 Å². The van der Waals surface area contributed by atoms with Gasteiger partial charge in [0.25, 0.3) is 11.8 Å². The van der Waals surface area contributed by atoms with E-state index in [1.165, 1.54) is 10.5 Å². The van der Waals surface area contributed by atoms with Crippen molar-refractivity contribution in [3.05, 3.63) is 64.9 Å². The minimum Gasteiger partial charge on any atom is -0.495 e. The lowest BCUT2D eigenvalue weighted by Crippen LogP contribution is -2.47. The molecule has 1 fully saturated rings. The minimum atomic E-state index is -0.178. The molecule has 0 saturated carbocycles. The van der Waals surface area contributed by atoms with Gasteiger partial charge in [0.2, 0.25) is 0 Å². The Bertz CT molecular complexity index is 1070. The van der Waals surface area contributed by atoms with E-state index >= 15 is 0 Å². The van der Waals surface area contributed by atoms with Gasteiger partial charge in [-0.2, -0.15) is 0 Å². The van der Waals surface area contributed by atoms with Crippen LogP contribution in [-0.2, 0) is 9.59 Å². The molecule has 0 bridgehead atoms. The van der Waals surface area contributed by atoms with Gasteiger partial charge in [0.05, 0.1) is 18.4 Å². The van der Waals surface area contributed by atoms with E-state index in [-0.39, 0.29) is 11.8 Å². The first-order valence-electron chi connectivity index (χ1n) is 11.3. The van der Waals surface area contributed by atoms with Gasteiger partial charge in [0.15, 0.2) is 0 Å². The first-order valence-corrected chi connectivity index (χ1v) is 11.3. The van der Waals surface area contributed by atoms with Crippen LogP contribution < -0.4 is 9.64 Å². The van der Waals surface area contributed by atoms with Crippen molar-refractivity contribution in [2.45, 2.75) is 27.2 Å².